The number of hydrogen-bond donors (Lipinski definition) is 1. The van der Waals surface area contributed by atoms with Crippen molar-refractivity contribution in [2.45, 2.75) is 51.5 Å². The maximum Gasteiger partial charge on any atom is 0.358 e. The van der Waals surface area contributed by atoms with Crippen LogP contribution in [0.5, 0.6) is 0 Å². The summed E-state index contributed by atoms with van der Waals surface area (Å²) in [7, 11) is 0. The van der Waals surface area contributed by atoms with Gasteiger partial charge in [0.25, 0.3) is 0 Å². The van der Waals surface area contributed by atoms with E-state index < -0.39 is 5.97 Å². The average molecular weight is 223 g/mol. The third-order valence-electron chi connectivity index (χ3n) is 3.30. The van der Waals surface area contributed by atoms with Crippen LogP contribution in [-0.2, 0) is 0 Å². The SMILES string of the molecule is Cc1c(C(=O)O)nnn1C1CCCCCC1. The van der Waals surface area contributed by atoms with Crippen molar-refractivity contribution >= 4 is 5.97 Å². The van der Waals surface area contributed by atoms with E-state index in [1.807, 2.05) is 0 Å². The molecule has 0 atom stereocenters. The van der Waals surface area contributed by atoms with Gasteiger partial charge in [0.1, 0.15) is 0 Å². The Balaban J connectivity index is 2.22. The maximum atomic E-state index is 10.9. The van der Waals surface area contributed by atoms with Gasteiger partial charge >= 0.3 is 5.97 Å². The molecule has 5 nitrogen and oxygen atoms in total. The molecule has 1 aromatic rings. The van der Waals surface area contributed by atoms with E-state index in [0.29, 0.717) is 11.7 Å². The van der Waals surface area contributed by atoms with Gasteiger partial charge in [-0.1, -0.05) is 30.9 Å². The lowest BCUT2D eigenvalue weighted by molar-refractivity contribution is 0.0689. The lowest BCUT2D eigenvalue weighted by atomic mass is 10.1. The molecule has 0 bridgehead atoms. The Morgan fingerprint density at radius 2 is 1.94 bits per heavy atom. The van der Waals surface area contributed by atoms with Crippen molar-refractivity contribution in [3.63, 3.8) is 0 Å². The first kappa shape index (κ1) is 11.1. The number of carboxylic acid groups (broad SMARTS) is 1. The summed E-state index contributed by atoms with van der Waals surface area (Å²) in [4.78, 5) is 10.9. The fourth-order valence-electron chi connectivity index (χ4n) is 2.39. The van der Waals surface area contributed by atoms with E-state index in [0.717, 1.165) is 12.8 Å². The van der Waals surface area contributed by atoms with Crippen molar-refractivity contribution < 1.29 is 9.90 Å². The minimum absolute atomic E-state index is 0.0873. The smallest absolute Gasteiger partial charge is 0.358 e. The van der Waals surface area contributed by atoms with Gasteiger partial charge in [-0.2, -0.15) is 0 Å². The highest BCUT2D eigenvalue weighted by molar-refractivity contribution is 5.86. The predicted molar refractivity (Wildman–Crippen MR) is 58.5 cm³/mol. The largest absolute Gasteiger partial charge is 0.476 e. The lowest BCUT2D eigenvalue weighted by Crippen LogP contribution is -2.12. The fraction of sp³-hybridized carbons (Fsp3) is 0.727. The zero-order valence-corrected chi connectivity index (χ0v) is 9.52. The second kappa shape index (κ2) is 4.63. The molecule has 1 aromatic heterocycles. The van der Waals surface area contributed by atoms with Gasteiger partial charge in [-0.25, -0.2) is 9.48 Å². The molecule has 0 radical (unpaired) electrons. The molecule has 1 heterocycles. The van der Waals surface area contributed by atoms with E-state index in [-0.39, 0.29) is 5.69 Å². The monoisotopic (exact) mass is 223 g/mol. The number of carbonyl (C=O) groups is 1. The quantitative estimate of drug-likeness (QED) is 0.780. The van der Waals surface area contributed by atoms with Gasteiger partial charge in [0.2, 0.25) is 0 Å². The van der Waals surface area contributed by atoms with Gasteiger partial charge in [-0.15, -0.1) is 5.10 Å². The van der Waals surface area contributed by atoms with Crippen LogP contribution in [-0.4, -0.2) is 26.1 Å². The predicted octanol–water partition coefficient (Wildman–Crippen LogP) is 2.18. The molecule has 5 heteroatoms. The second-order valence-electron chi connectivity index (χ2n) is 4.42. The van der Waals surface area contributed by atoms with Crippen LogP contribution in [0, 0.1) is 6.92 Å². The average Bonchev–Trinajstić information content (AvgIpc) is 2.50. The molecular weight excluding hydrogens is 206 g/mol. The fourth-order valence-corrected chi connectivity index (χ4v) is 2.39. The van der Waals surface area contributed by atoms with Crippen molar-refractivity contribution in [1.29, 1.82) is 0 Å². The normalized spacial score (nSPS) is 18.3. The first-order chi connectivity index (χ1) is 7.70. The molecule has 1 saturated carbocycles. The van der Waals surface area contributed by atoms with Crippen molar-refractivity contribution in [2.24, 2.45) is 0 Å². The summed E-state index contributed by atoms with van der Waals surface area (Å²) < 4.78 is 1.80. The van der Waals surface area contributed by atoms with E-state index in [4.69, 9.17) is 5.11 Å². The maximum absolute atomic E-state index is 10.9. The van der Waals surface area contributed by atoms with Crippen molar-refractivity contribution in [2.75, 3.05) is 0 Å². The molecule has 1 aliphatic carbocycles. The zero-order valence-electron chi connectivity index (χ0n) is 9.52. The second-order valence-corrected chi connectivity index (χ2v) is 4.42. The number of hydrogen-bond acceptors (Lipinski definition) is 3. The molecule has 16 heavy (non-hydrogen) atoms. The summed E-state index contributed by atoms with van der Waals surface area (Å²) >= 11 is 0. The Morgan fingerprint density at radius 3 is 2.44 bits per heavy atom. The van der Waals surface area contributed by atoms with Gasteiger partial charge in [0.05, 0.1) is 11.7 Å². The van der Waals surface area contributed by atoms with E-state index in [1.165, 1.54) is 25.7 Å². The molecule has 0 aliphatic heterocycles. The molecule has 2 rings (SSSR count). The molecular formula is C11H17N3O2. The molecule has 1 fully saturated rings. The third kappa shape index (κ3) is 2.08. The Morgan fingerprint density at radius 1 is 1.31 bits per heavy atom. The number of aromatic nitrogens is 3. The van der Waals surface area contributed by atoms with Gasteiger partial charge in [0, 0.05) is 0 Å². The summed E-state index contributed by atoms with van der Waals surface area (Å²) in [6, 6.07) is 0.336. The Hall–Kier alpha value is -1.39. The molecule has 1 aliphatic rings. The topological polar surface area (TPSA) is 68.0 Å². The third-order valence-corrected chi connectivity index (χ3v) is 3.30. The van der Waals surface area contributed by atoms with E-state index in [2.05, 4.69) is 10.3 Å². The zero-order chi connectivity index (χ0) is 11.5. The minimum atomic E-state index is -0.989. The summed E-state index contributed by atoms with van der Waals surface area (Å²) in [5.41, 5.74) is 0.767. The first-order valence-corrected chi connectivity index (χ1v) is 5.85. The molecule has 0 amide bonds. The highest BCUT2D eigenvalue weighted by Crippen LogP contribution is 2.27. The molecule has 0 unspecified atom stereocenters. The highest BCUT2D eigenvalue weighted by atomic mass is 16.4. The summed E-state index contributed by atoms with van der Waals surface area (Å²) in [6.45, 7) is 1.79. The first-order valence-electron chi connectivity index (χ1n) is 5.85. The van der Waals surface area contributed by atoms with Crippen LogP contribution in [0.15, 0.2) is 0 Å². The summed E-state index contributed by atoms with van der Waals surface area (Å²) in [6.07, 6.45) is 7.12. The molecule has 1 N–H and O–H groups in total. The van der Waals surface area contributed by atoms with Crippen LogP contribution in [0.1, 0.15) is 60.7 Å². The minimum Gasteiger partial charge on any atom is -0.476 e. The van der Waals surface area contributed by atoms with Gasteiger partial charge < -0.3 is 5.11 Å². The van der Waals surface area contributed by atoms with Crippen LogP contribution >= 0.6 is 0 Å². The molecule has 88 valence electrons. The van der Waals surface area contributed by atoms with E-state index in [9.17, 15) is 4.79 Å². The van der Waals surface area contributed by atoms with Crippen LogP contribution in [0.25, 0.3) is 0 Å². The Bertz CT molecular complexity index is 379. The molecule has 0 spiro atoms. The Labute approximate surface area is 94.5 Å². The lowest BCUT2D eigenvalue weighted by Gasteiger charge is -2.15. The van der Waals surface area contributed by atoms with Gasteiger partial charge in [0.15, 0.2) is 5.69 Å². The number of carboxylic acids is 1. The van der Waals surface area contributed by atoms with E-state index >= 15 is 0 Å². The number of rotatable bonds is 2. The van der Waals surface area contributed by atoms with Crippen LogP contribution in [0.3, 0.4) is 0 Å². The van der Waals surface area contributed by atoms with Crippen molar-refractivity contribution in [1.82, 2.24) is 15.0 Å². The summed E-state index contributed by atoms with van der Waals surface area (Å²) in [5.74, 6) is -0.989. The van der Waals surface area contributed by atoms with Crippen LogP contribution < -0.4 is 0 Å². The molecule has 0 saturated heterocycles. The van der Waals surface area contributed by atoms with Gasteiger partial charge in [-0.3, -0.25) is 0 Å². The number of nitrogens with zero attached hydrogens (tertiary/aromatic N) is 3. The van der Waals surface area contributed by atoms with E-state index in [1.54, 1.807) is 11.6 Å². The van der Waals surface area contributed by atoms with Crippen LogP contribution in [0.2, 0.25) is 0 Å². The Kier molecular flexibility index (Phi) is 3.22. The van der Waals surface area contributed by atoms with Crippen molar-refractivity contribution in [3.8, 4) is 0 Å². The standard InChI is InChI=1S/C11H17N3O2/c1-8-10(11(15)16)12-13-14(8)9-6-4-2-3-5-7-9/h9H,2-7H2,1H3,(H,15,16). The van der Waals surface area contributed by atoms with Gasteiger partial charge in [-0.05, 0) is 19.8 Å². The molecule has 0 aromatic carbocycles. The highest BCUT2D eigenvalue weighted by Gasteiger charge is 2.21. The number of aromatic carboxylic acids is 1. The van der Waals surface area contributed by atoms with Crippen molar-refractivity contribution in [3.05, 3.63) is 11.4 Å². The summed E-state index contributed by atoms with van der Waals surface area (Å²) in [5, 5.41) is 16.6. The van der Waals surface area contributed by atoms with Crippen LogP contribution in [0.4, 0.5) is 0 Å².